The zero-order chi connectivity index (χ0) is 9.23. The Morgan fingerprint density at radius 2 is 1.67 bits per heavy atom. The lowest BCUT2D eigenvalue weighted by Gasteiger charge is -2.19. The van der Waals surface area contributed by atoms with Gasteiger partial charge in [-0.05, 0) is 6.54 Å². The van der Waals surface area contributed by atoms with Gasteiger partial charge in [-0.1, -0.05) is 6.92 Å². The maximum Gasteiger partial charge on any atom is 0.0558 e. The molecule has 74 valence electrons. The summed E-state index contributed by atoms with van der Waals surface area (Å²) < 4.78 is 0. The summed E-state index contributed by atoms with van der Waals surface area (Å²) in [7, 11) is 0. The first-order valence-electron chi connectivity index (χ1n) is 4.50. The molecule has 4 heteroatoms. The zero-order valence-electron chi connectivity index (χ0n) is 7.79. The summed E-state index contributed by atoms with van der Waals surface area (Å²) in [4.78, 5) is 2.03. The second-order valence-corrected chi connectivity index (χ2v) is 2.64. The van der Waals surface area contributed by atoms with Crippen LogP contribution >= 0.6 is 0 Å². The zero-order valence-corrected chi connectivity index (χ0v) is 7.79. The van der Waals surface area contributed by atoms with Gasteiger partial charge in [0.15, 0.2) is 0 Å². The van der Waals surface area contributed by atoms with Gasteiger partial charge < -0.3 is 15.5 Å². The number of rotatable bonds is 8. The van der Waals surface area contributed by atoms with Crippen molar-refractivity contribution in [2.24, 2.45) is 0 Å². The number of aliphatic hydroxyl groups is 2. The van der Waals surface area contributed by atoms with E-state index >= 15 is 0 Å². The van der Waals surface area contributed by atoms with Gasteiger partial charge in [-0.25, -0.2) is 0 Å². The van der Waals surface area contributed by atoms with Gasteiger partial charge in [0.05, 0.1) is 13.2 Å². The van der Waals surface area contributed by atoms with E-state index in [1.165, 1.54) is 0 Å². The average molecular weight is 176 g/mol. The lowest BCUT2D eigenvalue weighted by molar-refractivity contribution is 0.162. The van der Waals surface area contributed by atoms with Crippen molar-refractivity contribution < 1.29 is 10.2 Å². The van der Waals surface area contributed by atoms with E-state index in [0.29, 0.717) is 13.1 Å². The molecule has 0 fully saturated rings. The van der Waals surface area contributed by atoms with Gasteiger partial charge in [0.25, 0.3) is 0 Å². The smallest absolute Gasteiger partial charge is 0.0558 e. The van der Waals surface area contributed by atoms with E-state index in [4.69, 9.17) is 10.2 Å². The van der Waals surface area contributed by atoms with Gasteiger partial charge in [0.1, 0.15) is 0 Å². The van der Waals surface area contributed by atoms with Gasteiger partial charge in [0, 0.05) is 26.2 Å². The van der Waals surface area contributed by atoms with E-state index in [0.717, 1.165) is 19.6 Å². The highest BCUT2D eigenvalue weighted by atomic mass is 16.3. The van der Waals surface area contributed by atoms with E-state index in [1.54, 1.807) is 0 Å². The van der Waals surface area contributed by atoms with Crippen molar-refractivity contribution in [3.05, 3.63) is 0 Å². The molecule has 0 saturated carbocycles. The van der Waals surface area contributed by atoms with Crippen molar-refractivity contribution in [2.75, 3.05) is 45.9 Å². The second kappa shape index (κ2) is 8.93. The fraction of sp³-hybridized carbons (Fsp3) is 1.00. The Hall–Kier alpha value is -0.160. The molecule has 0 bridgehead atoms. The highest BCUT2D eigenvalue weighted by molar-refractivity contribution is 4.57. The highest BCUT2D eigenvalue weighted by Crippen LogP contribution is 1.84. The second-order valence-electron chi connectivity index (χ2n) is 2.64. The predicted molar refractivity (Wildman–Crippen MR) is 49.2 cm³/mol. The maximum atomic E-state index is 8.68. The molecule has 0 heterocycles. The average Bonchev–Trinajstić information content (AvgIpc) is 2.06. The van der Waals surface area contributed by atoms with E-state index < -0.39 is 0 Å². The minimum absolute atomic E-state index is 0.159. The van der Waals surface area contributed by atoms with Crippen LogP contribution in [0.3, 0.4) is 0 Å². The summed E-state index contributed by atoms with van der Waals surface area (Å²) >= 11 is 0. The molecule has 0 atom stereocenters. The molecular weight excluding hydrogens is 156 g/mol. The maximum absolute atomic E-state index is 8.68. The molecular formula is C8H20N2O2. The highest BCUT2D eigenvalue weighted by Gasteiger charge is 2.01. The summed E-state index contributed by atoms with van der Waals surface area (Å²) in [5.41, 5.74) is 0. The molecule has 12 heavy (non-hydrogen) atoms. The van der Waals surface area contributed by atoms with E-state index in [9.17, 15) is 0 Å². The third kappa shape index (κ3) is 6.54. The lowest BCUT2D eigenvalue weighted by Crippen LogP contribution is -2.35. The van der Waals surface area contributed by atoms with Crippen LogP contribution in [-0.4, -0.2) is 61.1 Å². The topological polar surface area (TPSA) is 55.7 Å². The quantitative estimate of drug-likeness (QED) is 0.410. The number of aliphatic hydroxyl groups excluding tert-OH is 2. The minimum atomic E-state index is 0.159. The van der Waals surface area contributed by atoms with Crippen molar-refractivity contribution in [1.82, 2.24) is 10.2 Å². The third-order valence-corrected chi connectivity index (χ3v) is 1.69. The van der Waals surface area contributed by atoms with Gasteiger partial charge >= 0.3 is 0 Å². The number of likely N-dealkylation sites (N-methyl/N-ethyl adjacent to an activating group) is 1. The Balaban J connectivity index is 3.34. The largest absolute Gasteiger partial charge is 0.395 e. The van der Waals surface area contributed by atoms with E-state index in [1.807, 2.05) is 4.90 Å². The summed E-state index contributed by atoms with van der Waals surface area (Å²) in [6.07, 6.45) is 0. The van der Waals surface area contributed by atoms with Crippen LogP contribution in [0.1, 0.15) is 6.92 Å². The van der Waals surface area contributed by atoms with Gasteiger partial charge in [0.2, 0.25) is 0 Å². The summed E-state index contributed by atoms with van der Waals surface area (Å²) in [6.45, 7) is 6.43. The van der Waals surface area contributed by atoms with Crippen molar-refractivity contribution in [2.45, 2.75) is 6.92 Å². The number of nitrogens with one attached hydrogen (secondary N) is 1. The van der Waals surface area contributed by atoms with E-state index in [-0.39, 0.29) is 13.2 Å². The molecule has 0 aliphatic carbocycles. The van der Waals surface area contributed by atoms with E-state index in [2.05, 4.69) is 12.2 Å². The van der Waals surface area contributed by atoms with Crippen LogP contribution in [0.15, 0.2) is 0 Å². The predicted octanol–water partition coefficient (Wildman–Crippen LogP) is -1.12. The fourth-order valence-electron chi connectivity index (χ4n) is 1.03. The van der Waals surface area contributed by atoms with Crippen LogP contribution in [0, 0.1) is 0 Å². The van der Waals surface area contributed by atoms with Crippen molar-refractivity contribution in [3.63, 3.8) is 0 Å². The molecule has 0 aromatic rings. The number of hydrogen-bond donors (Lipinski definition) is 3. The standard InChI is InChI=1S/C8H20N2O2/c1-2-9-3-4-10(5-7-11)6-8-12/h9,11-12H,2-8H2,1H3. The van der Waals surface area contributed by atoms with Gasteiger partial charge in [-0.2, -0.15) is 0 Å². The SMILES string of the molecule is CCNCCN(CCO)CCO. The Labute approximate surface area is 74.2 Å². The Morgan fingerprint density at radius 1 is 1.08 bits per heavy atom. The summed E-state index contributed by atoms with van der Waals surface area (Å²) in [6, 6.07) is 0. The number of nitrogens with zero attached hydrogens (tertiary/aromatic N) is 1. The molecule has 0 rings (SSSR count). The molecule has 0 aliphatic rings. The monoisotopic (exact) mass is 176 g/mol. The lowest BCUT2D eigenvalue weighted by atomic mass is 10.4. The van der Waals surface area contributed by atoms with Gasteiger partial charge in [-0.15, -0.1) is 0 Å². The van der Waals surface area contributed by atoms with Crippen LogP contribution in [0.5, 0.6) is 0 Å². The fourth-order valence-corrected chi connectivity index (χ4v) is 1.03. The third-order valence-electron chi connectivity index (χ3n) is 1.69. The first-order valence-corrected chi connectivity index (χ1v) is 4.50. The molecule has 4 nitrogen and oxygen atoms in total. The molecule has 0 radical (unpaired) electrons. The van der Waals surface area contributed by atoms with Gasteiger partial charge in [-0.3, -0.25) is 4.90 Å². The van der Waals surface area contributed by atoms with Crippen LogP contribution in [0.2, 0.25) is 0 Å². The molecule has 0 aromatic heterocycles. The molecule has 0 amide bonds. The Kier molecular flexibility index (Phi) is 8.81. The van der Waals surface area contributed by atoms with Crippen LogP contribution in [-0.2, 0) is 0 Å². The molecule has 3 N–H and O–H groups in total. The molecule has 0 saturated heterocycles. The molecule has 0 unspecified atom stereocenters. The van der Waals surface area contributed by atoms with Crippen LogP contribution < -0.4 is 5.32 Å². The molecule has 0 aliphatic heterocycles. The first kappa shape index (κ1) is 11.8. The van der Waals surface area contributed by atoms with Crippen LogP contribution in [0.4, 0.5) is 0 Å². The first-order chi connectivity index (χ1) is 5.85. The Bertz CT molecular complexity index is 85.1. The molecule has 0 spiro atoms. The Morgan fingerprint density at radius 3 is 2.08 bits per heavy atom. The summed E-state index contributed by atoms with van der Waals surface area (Å²) in [5.74, 6) is 0. The van der Waals surface area contributed by atoms with Crippen LogP contribution in [0.25, 0.3) is 0 Å². The van der Waals surface area contributed by atoms with Crippen molar-refractivity contribution in [1.29, 1.82) is 0 Å². The summed E-state index contributed by atoms with van der Waals surface area (Å²) in [5, 5.41) is 20.5. The normalized spacial score (nSPS) is 11.0. The minimum Gasteiger partial charge on any atom is -0.395 e. The van der Waals surface area contributed by atoms with Crippen molar-refractivity contribution >= 4 is 0 Å². The van der Waals surface area contributed by atoms with Crippen molar-refractivity contribution in [3.8, 4) is 0 Å². The molecule has 0 aromatic carbocycles. The number of hydrogen-bond acceptors (Lipinski definition) is 4.